The van der Waals surface area contributed by atoms with Crippen molar-refractivity contribution in [1.29, 1.82) is 0 Å². The third-order valence-electron chi connectivity index (χ3n) is 1.98. The van der Waals surface area contributed by atoms with Crippen LogP contribution in [0.5, 0.6) is 0 Å². The minimum Gasteiger partial charge on any atom is -0.358 e. The fraction of sp³-hybridized carbons (Fsp3) is 0.636. The summed E-state index contributed by atoms with van der Waals surface area (Å²) < 4.78 is 0. The van der Waals surface area contributed by atoms with E-state index in [-0.39, 0.29) is 5.91 Å². The minimum atomic E-state index is -0.0288. The molecule has 0 rings (SSSR count). The van der Waals surface area contributed by atoms with Crippen LogP contribution >= 0.6 is 12.2 Å². The monoisotopic (exact) mass is 243 g/mol. The van der Waals surface area contributed by atoms with Gasteiger partial charge in [0.25, 0.3) is 0 Å². The zero-order valence-corrected chi connectivity index (χ0v) is 10.7. The molecule has 0 aromatic rings. The maximum atomic E-state index is 11.3. The Kier molecular flexibility index (Phi) is 9.70. The molecule has 0 aliphatic heterocycles. The first-order valence-electron chi connectivity index (χ1n) is 5.64. The number of carbonyl (C=O) groups excluding carboxylic acids is 1. The van der Waals surface area contributed by atoms with Crippen molar-refractivity contribution in [3.05, 3.63) is 12.7 Å². The standard InChI is InChI=1S/C11H21N3OS/c1-3-5-6-7-8-10(15)13-14-11(16)12-9-4-2/h4H,2-3,5-9H2,1H3,(H,13,15)(H2,12,14,16). The second-order valence-electron chi connectivity index (χ2n) is 3.48. The summed E-state index contributed by atoms with van der Waals surface area (Å²) in [5.41, 5.74) is 5.17. The van der Waals surface area contributed by atoms with Crippen molar-refractivity contribution >= 4 is 23.2 Å². The molecule has 5 heteroatoms. The number of hydrazine groups is 1. The quantitative estimate of drug-likeness (QED) is 0.275. The number of unbranched alkanes of at least 4 members (excludes halogenated alkanes) is 3. The molecule has 0 unspecified atom stereocenters. The smallest absolute Gasteiger partial charge is 0.238 e. The van der Waals surface area contributed by atoms with Crippen LogP contribution < -0.4 is 16.2 Å². The van der Waals surface area contributed by atoms with Crippen LogP contribution in [-0.4, -0.2) is 17.6 Å². The fourth-order valence-electron chi connectivity index (χ4n) is 1.11. The van der Waals surface area contributed by atoms with Crippen molar-refractivity contribution in [3.63, 3.8) is 0 Å². The van der Waals surface area contributed by atoms with Crippen molar-refractivity contribution in [2.75, 3.05) is 6.54 Å². The molecule has 92 valence electrons. The largest absolute Gasteiger partial charge is 0.358 e. The van der Waals surface area contributed by atoms with E-state index in [2.05, 4.69) is 29.7 Å². The Hall–Kier alpha value is -1.10. The van der Waals surface area contributed by atoms with Gasteiger partial charge in [-0.3, -0.25) is 15.6 Å². The van der Waals surface area contributed by atoms with Crippen LogP contribution in [-0.2, 0) is 4.79 Å². The van der Waals surface area contributed by atoms with E-state index in [1.165, 1.54) is 12.8 Å². The third-order valence-corrected chi connectivity index (χ3v) is 2.23. The Morgan fingerprint density at radius 2 is 2.06 bits per heavy atom. The molecule has 0 bridgehead atoms. The molecule has 0 aromatic heterocycles. The number of nitrogens with one attached hydrogen (secondary N) is 3. The van der Waals surface area contributed by atoms with E-state index in [0.717, 1.165) is 12.8 Å². The SMILES string of the molecule is C=CCNC(=S)NNC(=O)CCCCCC. The summed E-state index contributed by atoms with van der Waals surface area (Å²) in [6.45, 7) is 6.27. The summed E-state index contributed by atoms with van der Waals surface area (Å²) in [5.74, 6) is -0.0288. The number of amides is 1. The minimum absolute atomic E-state index is 0.0288. The van der Waals surface area contributed by atoms with Gasteiger partial charge in [0.05, 0.1) is 0 Å². The van der Waals surface area contributed by atoms with Crippen molar-refractivity contribution in [2.45, 2.75) is 39.0 Å². The van der Waals surface area contributed by atoms with Crippen LogP contribution in [0.15, 0.2) is 12.7 Å². The maximum absolute atomic E-state index is 11.3. The highest BCUT2D eigenvalue weighted by molar-refractivity contribution is 7.80. The molecule has 16 heavy (non-hydrogen) atoms. The zero-order chi connectivity index (χ0) is 12.2. The number of hydrogen-bond acceptors (Lipinski definition) is 2. The molecule has 0 aliphatic rings. The van der Waals surface area contributed by atoms with Gasteiger partial charge in [-0.15, -0.1) is 6.58 Å². The van der Waals surface area contributed by atoms with E-state index in [4.69, 9.17) is 12.2 Å². The first-order chi connectivity index (χ1) is 7.70. The summed E-state index contributed by atoms with van der Waals surface area (Å²) in [4.78, 5) is 11.3. The zero-order valence-electron chi connectivity index (χ0n) is 9.84. The molecule has 4 nitrogen and oxygen atoms in total. The van der Waals surface area contributed by atoms with E-state index in [9.17, 15) is 4.79 Å². The molecule has 0 aliphatic carbocycles. The van der Waals surface area contributed by atoms with Gasteiger partial charge in [-0.2, -0.15) is 0 Å². The molecule has 0 atom stereocenters. The highest BCUT2D eigenvalue weighted by Gasteiger charge is 2.00. The van der Waals surface area contributed by atoms with Gasteiger partial charge in [0.1, 0.15) is 0 Å². The van der Waals surface area contributed by atoms with Gasteiger partial charge in [0, 0.05) is 13.0 Å². The average Bonchev–Trinajstić information content (AvgIpc) is 2.29. The number of thiocarbonyl (C=S) groups is 1. The second kappa shape index (κ2) is 10.4. The Morgan fingerprint density at radius 1 is 1.31 bits per heavy atom. The summed E-state index contributed by atoms with van der Waals surface area (Å²) in [6, 6.07) is 0. The highest BCUT2D eigenvalue weighted by Crippen LogP contribution is 2.01. The van der Waals surface area contributed by atoms with Gasteiger partial charge in [-0.05, 0) is 18.6 Å². The van der Waals surface area contributed by atoms with Crippen LogP contribution in [0.25, 0.3) is 0 Å². The lowest BCUT2D eigenvalue weighted by Crippen LogP contribution is -2.46. The van der Waals surface area contributed by atoms with Crippen LogP contribution in [0, 0.1) is 0 Å². The summed E-state index contributed by atoms with van der Waals surface area (Å²) in [6.07, 6.45) is 6.62. The predicted octanol–water partition coefficient (Wildman–Crippen LogP) is 1.64. The highest BCUT2D eigenvalue weighted by atomic mass is 32.1. The Morgan fingerprint density at radius 3 is 2.69 bits per heavy atom. The van der Waals surface area contributed by atoms with E-state index in [1.54, 1.807) is 6.08 Å². The van der Waals surface area contributed by atoms with Gasteiger partial charge in [0.2, 0.25) is 5.91 Å². The van der Waals surface area contributed by atoms with Gasteiger partial charge in [-0.25, -0.2) is 0 Å². The molecule has 0 saturated heterocycles. The molecule has 0 heterocycles. The topological polar surface area (TPSA) is 53.2 Å². The van der Waals surface area contributed by atoms with E-state index in [0.29, 0.717) is 18.1 Å². The van der Waals surface area contributed by atoms with E-state index >= 15 is 0 Å². The maximum Gasteiger partial charge on any atom is 0.238 e. The fourth-order valence-corrected chi connectivity index (χ4v) is 1.24. The second-order valence-corrected chi connectivity index (χ2v) is 3.89. The normalized spacial score (nSPS) is 9.31. The van der Waals surface area contributed by atoms with E-state index in [1.807, 2.05) is 0 Å². The summed E-state index contributed by atoms with van der Waals surface area (Å²) in [5, 5.41) is 3.26. The number of rotatable bonds is 7. The molecule has 0 radical (unpaired) electrons. The first kappa shape index (κ1) is 14.9. The number of carbonyl (C=O) groups is 1. The van der Waals surface area contributed by atoms with Crippen LogP contribution in [0.2, 0.25) is 0 Å². The van der Waals surface area contributed by atoms with Crippen molar-refractivity contribution in [2.24, 2.45) is 0 Å². The molecule has 3 N–H and O–H groups in total. The predicted molar refractivity (Wildman–Crippen MR) is 70.8 cm³/mol. The lowest BCUT2D eigenvalue weighted by molar-refractivity contribution is -0.121. The summed E-state index contributed by atoms with van der Waals surface area (Å²) in [7, 11) is 0. The van der Waals surface area contributed by atoms with Crippen LogP contribution in [0.4, 0.5) is 0 Å². The molecule has 0 saturated carbocycles. The molecule has 1 amide bonds. The van der Waals surface area contributed by atoms with Gasteiger partial charge in [-0.1, -0.05) is 32.3 Å². The summed E-state index contributed by atoms with van der Waals surface area (Å²) >= 11 is 4.91. The molecular weight excluding hydrogens is 222 g/mol. The number of hydrogen-bond donors (Lipinski definition) is 3. The Bertz CT molecular complexity index is 231. The molecule has 0 spiro atoms. The van der Waals surface area contributed by atoms with E-state index < -0.39 is 0 Å². The van der Waals surface area contributed by atoms with Crippen molar-refractivity contribution in [1.82, 2.24) is 16.2 Å². The van der Waals surface area contributed by atoms with Gasteiger partial charge in [0.15, 0.2) is 5.11 Å². The van der Waals surface area contributed by atoms with Crippen LogP contribution in [0.3, 0.4) is 0 Å². The van der Waals surface area contributed by atoms with Gasteiger partial charge >= 0.3 is 0 Å². The Labute approximate surface area is 103 Å². The van der Waals surface area contributed by atoms with Gasteiger partial charge < -0.3 is 5.32 Å². The lowest BCUT2D eigenvalue weighted by atomic mass is 10.1. The van der Waals surface area contributed by atoms with Crippen LogP contribution in [0.1, 0.15) is 39.0 Å². The molecular formula is C11H21N3OS. The molecule has 0 aromatic carbocycles. The lowest BCUT2D eigenvalue weighted by Gasteiger charge is -2.09. The first-order valence-corrected chi connectivity index (χ1v) is 6.05. The van der Waals surface area contributed by atoms with Crippen molar-refractivity contribution in [3.8, 4) is 0 Å². The average molecular weight is 243 g/mol. The molecule has 0 fully saturated rings. The Balaban J connectivity index is 3.42. The third kappa shape index (κ3) is 9.45. The van der Waals surface area contributed by atoms with Crippen molar-refractivity contribution < 1.29 is 4.79 Å².